The van der Waals surface area contributed by atoms with Crippen LogP contribution in [-0.4, -0.2) is 37.2 Å². The molecule has 0 saturated heterocycles. The van der Waals surface area contributed by atoms with Gasteiger partial charge in [0, 0.05) is 19.3 Å². The third-order valence-corrected chi connectivity index (χ3v) is 11.9. The summed E-state index contributed by atoms with van der Waals surface area (Å²) in [7, 11) is 0. The second-order valence-electron chi connectivity index (χ2n) is 18.5. The lowest BCUT2D eigenvalue weighted by Crippen LogP contribution is -2.30. The molecule has 0 spiro atoms. The number of hydrogen-bond donors (Lipinski definition) is 0. The van der Waals surface area contributed by atoms with E-state index in [-0.39, 0.29) is 31.1 Å². The van der Waals surface area contributed by atoms with Gasteiger partial charge in [0.05, 0.1) is 0 Å². The lowest BCUT2D eigenvalue weighted by Gasteiger charge is -2.18. The zero-order chi connectivity index (χ0) is 47.9. The van der Waals surface area contributed by atoms with Gasteiger partial charge >= 0.3 is 17.9 Å². The third-order valence-electron chi connectivity index (χ3n) is 11.9. The van der Waals surface area contributed by atoms with E-state index < -0.39 is 6.10 Å². The molecule has 0 fully saturated rings. The maximum atomic E-state index is 12.8. The van der Waals surface area contributed by atoms with Gasteiger partial charge in [0.15, 0.2) is 6.10 Å². The van der Waals surface area contributed by atoms with Crippen molar-refractivity contribution < 1.29 is 28.6 Å². The Morgan fingerprint density at radius 1 is 0.318 bits per heavy atom. The van der Waals surface area contributed by atoms with Crippen molar-refractivity contribution in [1.82, 2.24) is 0 Å². The van der Waals surface area contributed by atoms with Gasteiger partial charge in [0.25, 0.3) is 0 Å². The molecule has 0 rings (SSSR count). The molecule has 0 aliphatic heterocycles. The van der Waals surface area contributed by atoms with Gasteiger partial charge < -0.3 is 14.2 Å². The molecule has 0 aromatic rings. The highest BCUT2D eigenvalue weighted by Crippen LogP contribution is 2.15. The standard InChI is InChI=1S/C60H104O6/c1-4-7-10-13-16-19-22-25-27-29-30-32-33-35-38-41-44-47-50-53-59(62)65-56-57(55-64-58(61)52-49-46-43-40-37-24-21-18-15-12-9-6-3)66-60(63)54-51-48-45-42-39-36-34-31-28-26-23-20-17-14-11-8-5-2/h7,10,16-21,25-28,57H,4-6,8-9,11-15,22-24,29-56H2,1-3H3/b10-7-,19-16-,20-17-,21-18-,27-25-,28-26-. The number of carbonyl (C=O) groups is 3. The summed E-state index contributed by atoms with van der Waals surface area (Å²) in [6.45, 7) is 6.48. The van der Waals surface area contributed by atoms with Crippen LogP contribution in [0.3, 0.4) is 0 Å². The summed E-state index contributed by atoms with van der Waals surface area (Å²) in [5, 5.41) is 0. The lowest BCUT2D eigenvalue weighted by molar-refractivity contribution is -0.167. The highest BCUT2D eigenvalue weighted by molar-refractivity contribution is 5.71. The molecule has 0 aromatic heterocycles. The minimum atomic E-state index is -0.785. The molecular weight excluding hydrogens is 817 g/mol. The van der Waals surface area contributed by atoms with Gasteiger partial charge in [0.1, 0.15) is 13.2 Å². The number of esters is 3. The molecule has 380 valence electrons. The summed E-state index contributed by atoms with van der Waals surface area (Å²) in [5.74, 6) is -0.900. The molecule has 0 N–H and O–H groups in total. The van der Waals surface area contributed by atoms with Crippen LogP contribution in [0.4, 0.5) is 0 Å². The second kappa shape index (κ2) is 54.5. The van der Waals surface area contributed by atoms with Crippen LogP contribution in [0.1, 0.15) is 271 Å². The van der Waals surface area contributed by atoms with Crippen LogP contribution < -0.4 is 0 Å². The molecule has 1 unspecified atom stereocenters. The molecule has 0 bridgehead atoms. The number of allylic oxidation sites excluding steroid dienone is 12. The predicted octanol–water partition coefficient (Wildman–Crippen LogP) is 18.6. The number of hydrogen-bond acceptors (Lipinski definition) is 6. The van der Waals surface area contributed by atoms with Crippen LogP contribution in [-0.2, 0) is 28.6 Å². The molecule has 0 heterocycles. The van der Waals surface area contributed by atoms with Gasteiger partial charge in [-0.1, -0.05) is 216 Å². The molecule has 0 amide bonds. The van der Waals surface area contributed by atoms with Crippen molar-refractivity contribution in [3.63, 3.8) is 0 Å². The minimum absolute atomic E-state index is 0.0837. The van der Waals surface area contributed by atoms with Gasteiger partial charge in [0.2, 0.25) is 0 Å². The number of rotatable bonds is 50. The molecule has 6 heteroatoms. The maximum absolute atomic E-state index is 12.8. The van der Waals surface area contributed by atoms with Crippen molar-refractivity contribution in [3.05, 3.63) is 72.9 Å². The van der Waals surface area contributed by atoms with Crippen molar-refractivity contribution in [1.29, 1.82) is 0 Å². The van der Waals surface area contributed by atoms with E-state index in [9.17, 15) is 14.4 Å². The fraction of sp³-hybridized carbons (Fsp3) is 0.750. The summed E-state index contributed by atoms with van der Waals surface area (Å²) >= 11 is 0. The number of unbranched alkanes of at least 4 members (excludes halogenated alkanes) is 27. The number of ether oxygens (including phenoxy) is 3. The minimum Gasteiger partial charge on any atom is -0.462 e. The van der Waals surface area contributed by atoms with E-state index in [1.165, 1.54) is 135 Å². The smallest absolute Gasteiger partial charge is 0.306 e. The Morgan fingerprint density at radius 2 is 0.591 bits per heavy atom. The van der Waals surface area contributed by atoms with Crippen molar-refractivity contribution in [2.45, 2.75) is 277 Å². The SMILES string of the molecule is CC/C=C\C/C=C\C/C=C\CCCCCCCCCCCC(=O)OCC(COC(=O)CCCCCCC/C=C\CCCCC)OC(=O)CCCCCCCCC/C=C\C/C=C\CCCCC. The molecule has 66 heavy (non-hydrogen) atoms. The van der Waals surface area contributed by atoms with Gasteiger partial charge in [-0.05, 0) is 109 Å². The highest BCUT2D eigenvalue weighted by Gasteiger charge is 2.19. The first-order valence-corrected chi connectivity index (χ1v) is 27.9. The Bertz CT molecular complexity index is 1240. The molecule has 0 radical (unpaired) electrons. The summed E-state index contributed by atoms with van der Waals surface area (Å²) in [6, 6.07) is 0. The van der Waals surface area contributed by atoms with E-state index in [4.69, 9.17) is 14.2 Å². The predicted molar refractivity (Wildman–Crippen MR) is 284 cm³/mol. The first-order chi connectivity index (χ1) is 32.5. The average Bonchev–Trinajstić information content (AvgIpc) is 3.31. The van der Waals surface area contributed by atoms with Gasteiger partial charge in [-0.15, -0.1) is 0 Å². The lowest BCUT2D eigenvalue weighted by atomic mass is 10.1. The topological polar surface area (TPSA) is 78.9 Å². The van der Waals surface area contributed by atoms with E-state index in [2.05, 4.69) is 93.7 Å². The summed E-state index contributed by atoms with van der Waals surface area (Å²) in [6.07, 6.45) is 68.8. The fourth-order valence-corrected chi connectivity index (χ4v) is 7.72. The summed E-state index contributed by atoms with van der Waals surface area (Å²) in [4.78, 5) is 38.1. The Morgan fingerprint density at radius 3 is 0.939 bits per heavy atom. The molecule has 0 aliphatic rings. The molecular formula is C60H104O6. The first-order valence-electron chi connectivity index (χ1n) is 27.9. The van der Waals surface area contributed by atoms with Crippen LogP contribution >= 0.6 is 0 Å². The van der Waals surface area contributed by atoms with Crippen molar-refractivity contribution in [2.24, 2.45) is 0 Å². The van der Waals surface area contributed by atoms with E-state index in [1.54, 1.807) is 0 Å². The summed E-state index contributed by atoms with van der Waals surface area (Å²) in [5.41, 5.74) is 0. The highest BCUT2D eigenvalue weighted by atomic mass is 16.6. The van der Waals surface area contributed by atoms with E-state index in [0.29, 0.717) is 19.3 Å². The molecule has 0 aromatic carbocycles. The van der Waals surface area contributed by atoms with Crippen molar-refractivity contribution >= 4 is 17.9 Å². The molecule has 6 nitrogen and oxygen atoms in total. The third kappa shape index (κ3) is 51.8. The van der Waals surface area contributed by atoms with Crippen LogP contribution in [0, 0.1) is 0 Å². The Kier molecular flexibility index (Phi) is 51.9. The molecule has 0 aliphatic carbocycles. The summed E-state index contributed by atoms with van der Waals surface area (Å²) < 4.78 is 16.8. The quantitative estimate of drug-likeness (QED) is 0.0262. The fourth-order valence-electron chi connectivity index (χ4n) is 7.72. The Balaban J connectivity index is 4.37. The van der Waals surface area contributed by atoms with Crippen LogP contribution in [0.15, 0.2) is 72.9 Å². The normalized spacial score (nSPS) is 12.6. The van der Waals surface area contributed by atoms with Gasteiger partial charge in [-0.2, -0.15) is 0 Å². The Hall–Kier alpha value is -3.15. The van der Waals surface area contributed by atoms with Gasteiger partial charge in [-0.25, -0.2) is 0 Å². The zero-order valence-corrected chi connectivity index (χ0v) is 43.4. The first kappa shape index (κ1) is 62.8. The number of carbonyl (C=O) groups excluding carboxylic acids is 3. The van der Waals surface area contributed by atoms with E-state index in [1.807, 2.05) is 0 Å². The van der Waals surface area contributed by atoms with Crippen LogP contribution in [0.2, 0.25) is 0 Å². The van der Waals surface area contributed by atoms with Crippen LogP contribution in [0.25, 0.3) is 0 Å². The monoisotopic (exact) mass is 921 g/mol. The van der Waals surface area contributed by atoms with Crippen molar-refractivity contribution in [3.8, 4) is 0 Å². The van der Waals surface area contributed by atoms with E-state index in [0.717, 1.165) is 96.3 Å². The largest absolute Gasteiger partial charge is 0.462 e. The molecule has 1 atom stereocenters. The molecule has 0 saturated carbocycles. The average molecular weight is 921 g/mol. The van der Waals surface area contributed by atoms with Crippen LogP contribution in [0.5, 0.6) is 0 Å². The maximum Gasteiger partial charge on any atom is 0.306 e. The van der Waals surface area contributed by atoms with Gasteiger partial charge in [-0.3, -0.25) is 14.4 Å². The second-order valence-corrected chi connectivity index (χ2v) is 18.5. The van der Waals surface area contributed by atoms with Crippen molar-refractivity contribution in [2.75, 3.05) is 13.2 Å². The van der Waals surface area contributed by atoms with E-state index >= 15 is 0 Å². The Labute approximate surface area is 408 Å². The zero-order valence-electron chi connectivity index (χ0n) is 43.4.